The molecule has 2 fully saturated rings. The Bertz CT molecular complexity index is 3000. The summed E-state index contributed by atoms with van der Waals surface area (Å²) < 4.78 is 3.59. The van der Waals surface area contributed by atoms with Gasteiger partial charge in [0.2, 0.25) is 0 Å². The van der Waals surface area contributed by atoms with Crippen LogP contribution >= 0.6 is 19.5 Å². The van der Waals surface area contributed by atoms with Gasteiger partial charge in [-0.25, -0.2) is 19.0 Å². The molecule has 13 nitrogen and oxygen atoms in total. The molecule has 2 atom stereocenters. The van der Waals surface area contributed by atoms with Crippen LogP contribution in [0.25, 0.3) is 44.9 Å². The molecule has 4 heterocycles. The topological polar surface area (TPSA) is 149 Å². The van der Waals surface area contributed by atoms with Gasteiger partial charge in [-0.3, -0.25) is 0 Å². The molecular weight excluding hydrogens is 997 g/mol. The van der Waals surface area contributed by atoms with Crippen molar-refractivity contribution in [2.45, 2.75) is 114 Å². The monoisotopic (exact) mass is 1080 g/mol. The highest BCUT2D eigenvalue weighted by Gasteiger charge is 2.34. The molecule has 2 aliphatic carbocycles. The fourth-order valence-electron chi connectivity index (χ4n) is 10.1. The Morgan fingerprint density at radius 2 is 1.08 bits per heavy atom. The van der Waals surface area contributed by atoms with E-state index in [2.05, 4.69) is 151 Å². The number of aliphatic hydroxyl groups excluding tert-OH is 2. The predicted octanol–water partition coefficient (Wildman–Crippen LogP) is 12.7. The van der Waals surface area contributed by atoms with Crippen LogP contribution < -0.4 is 31.1 Å². The highest BCUT2D eigenvalue weighted by Crippen LogP contribution is 2.56. The van der Waals surface area contributed by atoms with Gasteiger partial charge in [0, 0.05) is 82.1 Å². The average Bonchev–Trinajstić information content (AvgIpc) is 4.09. The first-order valence-electron chi connectivity index (χ1n) is 27.6. The van der Waals surface area contributed by atoms with E-state index in [1.54, 1.807) is 15.9 Å². The predicted molar refractivity (Wildman–Crippen MR) is 327 cm³/mol. The number of rotatable bonds is 15. The number of fused-ring (bicyclic) bond motifs is 2. The van der Waals surface area contributed by atoms with Crippen molar-refractivity contribution in [2.75, 3.05) is 75.5 Å². The number of nitrogens with two attached hydrogens (primary N) is 1. The van der Waals surface area contributed by atoms with Crippen molar-refractivity contribution in [3.63, 3.8) is 0 Å². The third-order valence-corrected chi connectivity index (χ3v) is 18.4. The van der Waals surface area contributed by atoms with Crippen LogP contribution in [0.2, 0.25) is 5.15 Å². The molecule has 5 N–H and O–H groups in total. The molecule has 410 valence electrons. The van der Waals surface area contributed by atoms with Gasteiger partial charge in [-0.2, -0.15) is 5.10 Å². The second-order valence-corrected chi connectivity index (χ2v) is 23.9. The molecule has 0 amide bonds. The molecule has 4 aromatic heterocycles. The lowest BCUT2D eigenvalue weighted by Gasteiger charge is -2.39. The highest BCUT2D eigenvalue weighted by atomic mass is 35.5. The van der Waals surface area contributed by atoms with Crippen molar-refractivity contribution in [1.82, 2.24) is 29.2 Å². The minimum atomic E-state index is -0.0867. The number of benzene rings is 4. The van der Waals surface area contributed by atoms with Gasteiger partial charge in [0.1, 0.15) is 11.0 Å². The van der Waals surface area contributed by atoms with E-state index in [1.807, 2.05) is 77.1 Å². The molecule has 77 heavy (non-hydrogen) atoms. The van der Waals surface area contributed by atoms with E-state index in [1.165, 1.54) is 81.0 Å². The largest absolute Gasteiger partial charge is 0.395 e. The van der Waals surface area contributed by atoms with Gasteiger partial charge in [-0.05, 0) is 115 Å². The van der Waals surface area contributed by atoms with E-state index in [0.717, 1.165) is 75.2 Å². The molecule has 8 aromatic rings. The van der Waals surface area contributed by atoms with E-state index in [-0.39, 0.29) is 33.2 Å². The maximum Gasteiger partial charge on any atom is 0.154 e. The molecule has 0 saturated heterocycles. The number of aromatic nitrogens is 6. The fourth-order valence-corrected chi connectivity index (χ4v) is 14.2. The minimum Gasteiger partial charge on any atom is -0.395 e. The SMILES string of the molecule is CCC(CO)Nc1ccc2ncc(-c3ccc(N(C)C)cc3)n2n1.CCC(N)CO.CN(C)c1ccc(-c2cnc3ccc(Cl)nn23)cc1.CN(C)c1ccccc1-c1ccccc1P(C1CCCCC1)C1CCCCC1. The van der Waals surface area contributed by atoms with Crippen LogP contribution in [-0.2, 0) is 0 Å². The number of aliphatic hydroxyl groups is 2. The molecule has 0 spiro atoms. The molecule has 2 aliphatic rings. The first kappa shape index (κ1) is 58.6. The summed E-state index contributed by atoms with van der Waals surface area (Å²) in [5, 5.41) is 31.9. The summed E-state index contributed by atoms with van der Waals surface area (Å²) in [5.74, 6) is 0.729. The van der Waals surface area contributed by atoms with Crippen molar-refractivity contribution in [3.8, 4) is 33.6 Å². The first-order chi connectivity index (χ1) is 37.3. The van der Waals surface area contributed by atoms with E-state index in [4.69, 9.17) is 22.4 Å². The number of hydrogen-bond acceptors (Lipinski definition) is 11. The number of halogens is 1. The third kappa shape index (κ3) is 15.6. The molecule has 2 unspecified atom stereocenters. The van der Waals surface area contributed by atoms with Crippen molar-refractivity contribution in [3.05, 3.63) is 139 Å². The van der Waals surface area contributed by atoms with E-state index >= 15 is 0 Å². The quantitative estimate of drug-likeness (QED) is 0.0727. The average molecular weight is 1080 g/mol. The molecule has 0 aliphatic heterocycles. The Morgan fingerprint density at radius 3 is 1.55 bits per heavy atom. The fraction of sp³-hybridized carbons (Fsp3) is 0.419. The Labute approximate surface area is 464 Å². The van der Waals surface area contributed by atoms with Crippen molar-refractivity contribution in [1.29, 1.82) is 0 Å². The van der Waals surface area contributed by atoms with Crippen molar-refractivity contribution >= 4 is 59.0 Å². The lowest BCUT2D eigenvalue weighted by atomic mass is 9.99. The smallest absolute Gasteiger partial charge is 0.154 e. The minimum absolute atomic E-state index is 0.00120. The van der Waals surface area contributed by atoms with Gasteiger partial charge < -0.3 is 36.0 Å². The normalized spacial score (nSPS) is 14.6. The van der Waals surface area contributed by atoms with Gasteiger partial charge in [-0.15, -0.1) is 5.10 Å². The molecule has 0 radical (unpaired) electrons. The zero-order chi connectivity index (χ0) is 54.8. The van der Waals surface area contributed by atoms with Crippen LogP contribution in [-0.4, -0.2) is 118 Å². The zero-order valence-electron chi connectivity index (χ0n) is 46.7. The summed E-state index contributed by atoms with van der Waals surface area (Å²) >= 11 is 5.94. The Morgan fingerprint density at radius 1 is 0.584 bits per heavy atom. The Kier molecular flexibility index (Phi) is 22.1. The summed E-state index contributed by atoms with van der Waals surface area (Å²) in [6.45, 7) is 4.16. The standard InChI is InChI=1S/C26H36NP.C18H23N5O.C14H13ClN4.C4H11NO/c1-27(2)25-19-11-9-17-23(25)24-18-10-12-20-26(24)28(21-13-5-3-6-14-21)22-15-7-4-8-16-22;1-4-14(12-24)20-17-9-10-18-19-11-16(23(18)21-17)13-5-7-15(8-6-13)22(2)3;1-18(2)11-5-3-10(4-6-11)12-9-16-14-8-7-13(15)17-19(12)14;1-2-4(5)3-6/h9-12,17-22H,3-8,13-16H2,1-2H3;5-11,14,24H,4,12H2,1-3H3,(H,20,21);3-9H,1-2H3;4,6H,2-3,5H2,1H3. The maximum absolute atomic E-state index is 9.35. The molecular formula is C62H83ClN11O2P. The maximum atomic E-state index is 9.35. The highest BCUT2D eigenvalue weighted by molar-refractivity contribution is 7.67. The zero-order valence-corrected chi connectivity index (χ0v) is 48.4. The Balaban J connectivity index is 0.000000161. The third-order valence-electron chi connectivity index (χ3n) is 14.7. The molecule has 10 rings (SSSR count). The van der Waals surface area contributed by atoms with E-state index in [9.17, 15) is 5.11 Å². The van der Waals surface area contributed by atoms with E-state index < -0.39 is 0 Å². The number of nitrogens with zero attached hydrogens (tertiary/aromatic N) is 9. The molecule has 2 saturated carbocycles. The van der Waals surface area contributed by atoms with Crippen molar-refractivity contribution in [2.24, 2.45) is 5.73 Å². The second kappa shape index (κ2) is 29.1. The van der Waals surface area contributed by atoms with Gasteiger partial charge in [0.15, 0.2) is 11.3 Å². The summed E-state index contributed by atoms with van der Waals surface area (Å²) in [7, 11) is 12.3. The number of para-hydroxylation sites is 1. The number of anilines is 4. The van der Waals surface area contributed by atoms with E-state index in [0.29, 0.717) is 5.15 Å². The lowest BCUT2D eigenvalue weighted by Crippen LogP contribution is -2.27. The Hall–Kier alpha value is -6.08. The van der Waals surface area contributed by atoms with Gasteiger partial charge in [-0.1, -0.05) is 139 Å². The number of nitrogens with one attached hydrogen (secondary N) is 1. The van der Waals surface area contributed by atoms with Gasteiger partial charge in [0.25, 0.3) is 0 Å². The van der Waals surface area contributed by atoms with Crippen LogP contribution in [0.4, 0.5) is 22.9 Å². The van der Waals surface area contributed by atoms with Crippen LogP contribution in [0.3, 0.4) is 0 Å². The number of imidazole rings is 2. The van der Waals surface area contributed by atoms with Crippen LogP contribution in [0.1, 0.15) is 90.9 Å². The van der Waals surface area contributed by atoms with Gasteiger partial charge in [0.05, 0.1) is 43.0 Å². The van der Waals surface area contributed by atoms with Crippen LogP contribution in [0, 0.1) is 0 Å². The summed E-state index contributed by atoms with van der Waals surface area (Å²) in [4.78, 5) is 15.2. The summed E-state index contributed by atoms with van der Waals surface area (Å²) in [5.41, 5.74) is 19.3. The molecule has 0 bridgehead atoms. The number of hydrogen-bond donors (Lipinski definition) is 4. The van der Waals surface area contributed by atoms with Crippen LogP contribution in [0.15, 0.2) is 134 Å². The van der Waals surface area contributed by atoms with Crippen LogP contribution in [0.5, 0.6) is 0 Å². The van der Waals surface area contributed by atoms with Gasteiger partial charge >= 0.3 is 0 Å². The molecule has 4 aromatic carbocycles. The van der Waals surface area contributed by atoms with Crippen molar-refractivity contribution < 1.29 is 10.2 Å². The lowest BCUT2D eigenvalue weighted by molar-refractivity contribution is 0.263. The second-order valence-electron chi connectivity index (χ2n) is 20.8. The first-order valence-corrected chi connectivity index (χ1v) is 29.5. The molecule has 15 heteroatoms. The summed E-state index contributed by atoms with van der Waals surface area (Å²) in [6, 6.07) is 42.4. The summed E-state index contributed by atoms with van der Waals surface area (Å²) in [6.07, 6.45) is 19.9.